The molecule has 0 radical (unpaired) electrons. The first kappa shape index (κ1) is 13.2. The lowest BCUT2D eigenvalue weighted by molar-refractivity contribution is 0.351. The molecule has 1 aromatic rings. The van der Waals surface area contributed by atoms with Gasteiger partial charge in [0.2, 0.25) is 0 Å². The van der Waals surface area contributed by atoms with E-state index in [0.29, 0.717) is 0 Å². The molecule has 100 valence electrons. The molecule has 1 aliphatic rings. The van der Waals surface area contributed by atoms with Crippen LogP contribution in [0.25, 0.3) is 0 Å². The Bertz CT molecular complexity index is 375. The maximum Gasteiger partial charge on any atom is 0.163 e. The molecular weight excluding hydrogens is 226 g/mol. The lowest BCUT2D eigenvalue weighted by Crippen LogP contribution is -2.17. The van der Waals surface area contributed by atoms with Crippen molar-refractivity contribution in [2.24, 2.45) is 0 Å². The smallest absolute Gasteiger partial charge is 0.163 e. The van der Waals surface area contributed by atoms with Crippen LogP contribution < -0.4 is 14.8 Å². The molecule has 0 spiro atoms. The van der Waals surface area contributed by atoms with Gasteiger partial charge in [-0.1, -0.05) is 12.1 Å². The monoisotopic (exact) mass is 249 g/mol. The second-order valence-electron chi connectivity index (χ2n) is 4.84. The number of nitrogens with one attached hydrogen (secondary N) is 1. The topological polar surface area (TPSA) is 30.5 Å². The molecule has 1 saturated carbocycles. The first-order valence-electron chi connectivity index (χ1n) is 6.78. The molecule has 1 aromatic carbocycles. The second kappa shape index (κ2) is 6.64. The van der Waals surface area contributed by atoms with Crippen LogP contribution >= 0.6 is 0 Å². The predicted molar refractivity (Wildman–Crippen MR) is 73.5 cm³/mol. The van der Waals surface area contributed by atoms with Gasteiger partial charge in [0.25, 0.3) is 0 Å². The number of methoxy groups -OCH3 is 2. The van der Waals surface area contributed by atoms with Gasteiger partial charge in [-0.3, -0.25) is 0 Å². The van der Waals surface area contributed by atoms with Crippen LogP contribution in [-0.2, 0) is 6.42 Å². The number of hydrogen-bond donors (Lipinski definition) is 1. The van der Waals surface area contributed by atoms with Gasteiger partial charge in [-0.15, -0.1) is 0 Å². The van der Waals surface area contributed by atoms with Gasteiger partial charge in [0.15, 0.2) is 11.5 Å². The van der Waals surface area contributed by atoms with Crippen LogP contribution in [-0.4, -0.2) is 26.8 Å². The fourth-order valence-electron chi connectivity index (χ4n) is 2.18. The lowest BCUT2D eigenvalue weighted by Gasteiger charge is -2.12. The van der Waals surface area contributed by atoms with Crippen molar-refractivity contribution in [1.29, 1.82) is 0 Å². The molecule has 0 heterocycles. The molecule has 3 nitrogen and oxygen atoms in total. The average molecular weight is 249 g/mol. The van der Waals surface area contributed by atoms with Gasteiger partial charge in [0, 0.05) is 6.04 Å². The van der Waals surface area contributed by atoms with Crippen LogP contribution in [0.2, 0.25) is 0 Å². The van der Waals surface area contributed by atoms with Crippen LogP contribution in [0.5, 0.6) is 11.5 Å². The average Bonchev–Trinajstić information content (AvgIpc) is 3.22. The standard InChI is InChI=1S/C15H23NO2/c1-17-14-8-5-7-12(15(14)18-2)6-3-4-11-16-13-9-10-13/h5,7-8,13,16H,3-4,6,9-11H2,1-2H3. The maximum atomic E-state index is 5.43. The van der Waals surface area contributed by atoms with Crippen molar-refractivity contribution in [3.05, 3.63) is 23.8 Å². The molecule has 0 unspecified atom stereocenters. The Balaban J connectivity index is 1.79. The van der Waals surface area contributed by atoms with E-state index < -0.39 is 0 Å². The summed E-state index contributed by atoms with van der Waals surface area (Å²) in [7, 11) is 3.39. The molecular formula is C15H23NO2. The Morgan fingerprint density at radius 1 is 1.17 bits per heavy atom. The summed E-state index contributed by atoms with van der Waals surface area (Å²) in [5.74, 6) is 1.71. The Morgan fingerprint density at radius 3 is 2.67 bits per heavy atom. The van der Waals surface area contributed by atoms with Crippen LogP contribution in [0, 0.1) is 0 Å². The highest BCUT2D eigenvalue weighted by Crippen LogP contribution is 2.31. The number of benzene rings is 1. The van der Waals surface area contributed by atoms with E-state index in [-0.39, 0.29) is 0 Å². The van der Waals surface area contributed by atoms with Crippen molar-refractivity contribution in [1.82, 2.24) is 5.32 Å². The van der Waals surface area contributed by atoms with Crippen LogP contribution in [0.1, 0.15) is 31.2 Å². The third-order valence-electron chi connectivity index (χ3n) is 3.37. The molecule has 0 atom stereocenters. The van der Waals surface area contributed by atoms with Crippen molar-refractivity contribution in [2.45, 2.75) is 38.1 Å². The van der Waals surface area contributed by atoms with Gasteiger partial charge in [0.05, 0.1) is 14.2 Å². The van der Waals surface area contributed by atoms with Crippen molar-refractivity contribution >= 4 is 0 Å². The maximum absolute atomic E-state index is 5.43. The fraction of sp³-hybridized carbons (Fsp3) is 0.600. The summed E-state index contributed by atoms with van der Waals surface area (Å²) in [6, 6.07) is 6.91. The SMILES string of the molecule is COc1cccc(CCCCNC2CC2)c1OC. The number of ether oxygens (including phenoxy) is 2. The zero-order valence-corrected chi connectivity index (χ0v) is 11.4. The second-order valence-corrected chi connectivity index (χ2v) is 4.84. The van der Waals surface area contributed by atoms with E-state index in [1.54, 1.807) is 14.2 Å². The third kappa shape index (κ3) is 3.64. The molecule has 3 heteroatoms. The summed E-state index contributed by atoms with van der Waals surface area (Å²) in [5.41, 5.74) is 1.24. The molecule has 0 amide bonds. The summed E-state index contributed by atoms with van der Waals surface area (Å²) >= 11 is 0. The van der Waals surface area contributed by atoms with E-state index in [1.807, 2.05) is 12.1 Å². The summed E-state index contributed by atoms with van der Waals surface area (Å²) < 4.78 is 10.7. The van der Waals surface area contributed by atoms with E-state index in [2.05, 4.69) is 11.4 Å². The normalized spacial score (nSPS) is 14.6. The molecule has 0 aromatic heterocycles. The van der Waals surface area contributed by atoms with Crippen molar-refractivity contribution < 1.29 is 9.47 Å². The molecule has 1 fully saturated rings. The Kier molecular flexibility index (Phi) is 4.88. The zero-order valence-electron chi connectivity index (χ0n) is 11.4. The van der Waals surface area contributed by atoms with Gasteiger partial charge < -0.3 is 14.8 Å². The van der Waals surface area contributed by atoms with Crippen LogP contribution in [0.15, 0.2) is 18.2 Å². The lowest BCUT2D eigenvalue weighted by atomic mass is 10.1. The van der Waals surface area contributed by atoms with E-state index in [0.717, 1.165) is 30.5 Å². The highest BCUT2D eigenvalue weighted by molar-refractivity contribution is 5.46. The number of hydrogen-bond acceptors (Lipinski definition) is 3. The van der Waals surface area contributed by atoms with Gasteiger partial charge in [0.1, 0.15) is 0 Å². The van der Waals surface area contributed by atoms with Crippen molar-refractivity contribution in [3.8, 4) is 11.5 Å². The first-order valence-corrected chi connectivity index (χ1v) is 6.78. The highest BCUT2D eigenvalue weighted by atomic mass is 16.5. The minimum Gasteiger partial charge on any atom is -0.493 e. The fourth-order valence-corrected chi connectivity index (χ4v) is 2.18. The van der Waals surface area contributed by atoms with E-state index >= 15 is 0 Å². The van der Waals surface area contributed by atoms with Gasteiger partial charge in [-0.25, -0.2) is 0 Å². The predicted octanol–water partition coefficient (Wildman–Crippen LogP) is 2.78. The molecule has 0 aliphatic heterocycles. The molecule has 18 heavy (non-hydrogen) atoms. The van der Waals surface area contributed by atoms with Crippen LogP contribution in [0.4, 0.5) is 0 Å². The van der Waals surface area contributed by atoms with Gasteiger partial charge >= 0.3 is 0 Å². The first-order chi connectivity index (χ1) is 8.85. The van der Waals surface area contributed by atoms with E-state index in [9.17, 15) is 0 Å². The molecule has 2 rings (SSSR count). The molecule has 0 bridgehead atoms. The third-order valence-corrected chi connectivity index (χ3v) is 3.37. The number of unbranched alkanes of at least 4 members (excludes halogenated alkanes) is 1. The number of para-hydroxylation sites is 1. The number of rotatable bonds is 8. The van der Waals surface area contributed by atoms with E-state index in [1.165, 1.54) is 31.2 Å². The van der Waals surface area contributed by atoms with E-state index in [4.69, 9.17) is 9.47 Å². The molecule has 0 saturated heterocycles. The quantitative estimate of drug-likeness (QED) is 0.719. The summed E-state index contributed by atoms with van der Waals surface area (Å²) in [6.07, 6.45) is 6.18. The Labute approximate surface area is 109 Å². The highest BCUT2D eigenvalue weighted by Gasteiger charge is 2.19. The minimum atomic E-state index is 0.816. The number of aryl methyl sites for hydroxylation is 1. The van der Waals surface area contributed by atoms with Gasteiger partial charge in [-0.05, 0) is 50.3 Å². The van der Waals surface area contributed by atoms with Crippen LogP contribution in [0.3, 0.4) is 0 Å². The largest absolute Gasteiger partial charge is 0.493 e. The zero-order chi connectivity index (χ0) is 12.8. The summed E-state index contributed by atoms with van der Waals surface area (Å²) in [6.45, 7) is 1.14. The van der Waals surface area contributed by atoms with Crippen molar-refractivity contribution in [2.75, 3.05) is 20.8 Å². The summed E-state index contributed by atoms with van der Waals surface area (Å²) in [4.78, 5) is 0. The molecule has 1 aliphatic carbocycles. The van der Waals surface area contributed by atoms with Crippen molar-refractivity contribution in [3.63, 3.8) is 0 Å². The summed E-state index contributed by atoms with van der Waals surface area (Å²) in [5, 5.41) is 3.54. The molecule has 1 N–H and O–H groups in total. The Hall–Kier alpha value is -1.22. The Morgan fingerprint density at radius 2 is 2.00 bits per heavy atom. The minimum absolute atomic E-state index is 0.816. The van der Waals surface area contributed by atoms with Gasteiger partial charge in [-0.2, -0.15) is 0 Å².